The number of likely N-dealkylation sites (N-methyl/N-ethyl adjacent to an activating group) is 1. The molecule has 0 saturated carbocycles. The van der Waals surface area contributed by atoms with E-state index in [9.17, 15) is 9.18 Å². The molecule has 0 unspecified atom stereocenters. The molecule has 1 rings (SSSR count). The van der Waals surface area contributed by atoms with E-state index in [1.165, 1.54) is 18.2 Å². The third kappa shape index (κ3) is 4.47. The Balaban J connectivity index is 0.00000225. The molecule has 1 aromatic rings. The van der Waals surface area contributed by atoms with Crippen LogP contribution in [0.4, 0.5) is 4.39 Å². The molecule has 0 bridgehead atoms. The highest BCUT2D eigenvalue weighted by molar-refractivity contribution is 9.10. The van der Waals surface area contributed by atoms with E-state index in [4.69, 9.17) is 0 Å². The van der Waals surface area contributed by atoms with Crippen LogP contribution in [-0.2, 0) is 0 Å². The first-order chi connectivity index (χ1) is 7.15. The van der Waals surface area contributed by atoms with Crippen molar-refractivity contribution >= 4 is 34.2 Å². The van der Waals surface area contributed by atoms with Crippen LogP contribution in [0.2, 0.25) is 0 Å². The molecule has 0 heterocycles. The van der Waals surface area contributed by atoms with Crippen LogP contribution in [0.25, 0.3) is 0 Å². The Labute approximate surface area is 108 Å². The van der Waals surface area contributed by atoms with Crippen molar-refractivity contribution in [1.82, 2.24) is 10.6 Å². The number of amides is 1. The van der Waals surface area contributed by atoms with Crippen molar-refractivity contribution in [3.63, 3.8) is 0 Å². The average Bonchev–Trinajstić information content (AvgIpc) is 2.22. The van der Waals surface area contributed by atoms with E-state index < -0.39 is 0 Å². The summed E-state index contributed by atoms with van der Waals surface area (Å²) in [6, 6.07) is 4.18. The van der Waals surface area contributed by atoms with Crippen LogP contribution in [-0.4, -0.2) is 26.0 Å². The third-order valence-corrected chi connectivity index (χ3v) is 2.45. The second kappa shape index (κ2) is 7.60. The zero-order valence-electron chi connectivity index (χ0n) is 8.72. The maximum absolute atomic E-state index is 12.9. The monoisotopic (exact) mass is 310 g/mol. The molecule has 3 nitrogen and oxygen atoms in total. The smallest absolute Gasteiger partial charge is 0.251 e. The maximum Gasteiger partial charge on any atom is 0.251 e. The molecule has 0 fully saturated rings. The molecule has 0 saturated heterocycles. The average molecular weight is 312 g/mol. The van der Waals surface area contributed by atoms with Gasteiger partial charge in [-0.25, -0.2) is 4.39 Å². The number of benzene rings is 1. The summed E-state index contributed by atoms with van der Waals surface area (Å²) in [6.07, 6.45) is 0. The Kier molecular flexibility index (Phi) is 7.29. The second-order valence-corrected chi connectivity index (χ2v) is 3.84. The Morgan fingerprint density at radius 3 is 2.69 bits per heavy atom. The predicted molar refractivity (Wildman–Crippen MR) is 67.6 cm³/mol. The van der Waals surface area contributed by atoms with Gasteiger partial charge < -0.3 is 10.6 Å². The van der Waals surface area contributed by atoms with E-state index in [0.29, 0.717) is 23.1 Å². The molecule has 1 amide bonds. The second-order valence-electron chi connectivity index (χ2n) is 2.99. The first-order valence-electron chi connectivity index (χ1n) is 4.53. The predicted octanol–water partition coefficient (Wildman–Crippen LogP) is 1.96. The number of rotatable bonds is 4. The third-order valence-electron chi connectivity index (χ3n) is 1.84. The van der Waals surface area contributed by atoms with Gasteiger partial charge in [-0.15, -0.1) is 12.4 Å². The standard InChI is InChI=1S/C10H12BrFN2O.ClH/c1-13-4-5-14-10(15)7-2-3-9(12)8(11)6-7;/h2-3,6,13H,4-5H2,1H3,(H,14,15);1H. The van der Waals surface area contributed by atoms with Gasteiger partial charge in [-0.1, -0.05) is 0 Å². The first kappa shape index (κ1) is 15.3. The van der Waals surface area contributed by atoms with Crippen molar-refractivity contribution in [2.24, 2.45) is 0 Å². The first-order valence-corrected chi connectivity index (χ1v) is 5.32. The van der Waals surface area contributed by atoms with Crippen molar-refractivity contribution in [2.45, 2.75) is 0 Å². The van der Waals surface area contributed by atoms with Crippen LogP contribution in [0.3, 0.4) is 0 Å². The molecule has 6 heteroatoms. The molecule has 0 aliphatic heterocycles. The van der Waals surface area contributed by atoms with Gasteiger partial charge in [0.15, 0.2) is 0 Å². The normalized spacial score (nSPS) is 9.44. The molecule has 1 aromatic carbocycles. The molecule has 0 spiro atoms. The Bertz CT molecular complexity index is 363. The molecule has 2 N–H and O–H groups in total. The lowest BCUT2D eigenvalue weighted by molar-refractivity contribution is 0.0954. The summed E-state index contributed by atoms with van der Waals surface area (Å²) in [5.41, 5.74) is 0.444. The topological polar surface area (TPSA) is 41.1 Å². The summed E-state index contributed by atoms with van der Waals surface area (Å²) in [5, 5.41) is 5.61. The molecule has 90 valence electrons. The quantitative estimate of drug-likeness (QED) is 0.835. The number of hydrogen-bond donors (Lipinski definition) is 2. The van der Waals surface area contributed by atoms with Gasteiger partial charge in [0.05, 0.1) is 4.47 Å². The van der Waals surface area contributed by atoms with Crippen LogP contribution >= 0.6 is 28.3 Å². The summed E-state index contributed by atoms with van der Waals surface area (Å²) in [4.78, 5) is 11.5. The van der Waals surface area contributed by atoms with Crippen molar-refractivity contribution in [3.05, 3.63) is 34.1 Å². The van der Waals surface area contributed by atoms with E-state index >= 15 is 0 Å². The van der Waals surface area contributed by atoms with Crippen LogP contribution in [0.1, 0.15) is 10.4 Å². The van der Waals surface area contributed by atoms with E-state index in [1.807, 2.05) is 0 Å². The summed E-state index contributed by atoms with van der Waals surface area (Å²) in [7, 11) is 1.81. The summed E-state index contributed by atoms with van der Waals surface area (Å²) in [5.74, 6) is -0.576. The van der Waals surface area contributed by atoms with Gasteiger partial charge >= 0.3 is 0 Å². The van der Waals surface area contributed by atoms with Crippen molar-refractivity contribution in [1.29, 1.82) is 0 Å². The lowest BCUT2D eigenvalue weighted by Gasteiger charge is -2.05. The van der Waals surface area contributed by atoms with Crippen LogP contribution in [0.5, 0.6) is 0 Å². The van der Waals surface area contributed by atoms with Crippen molar-refractivity contribution < 1.29 is 9.18 Å². The van der Waals surface area contributed by atoms with E-state index in [1.54, 1.807) is 7.05 Å². The molecule has 0 radical (unpaired) electrons. The minimum atomic E-state index is -0.373. The fraction of sp³-hybridized carbons (Fsp3) is 0.300. The zero-order valence-corrected chi connectivity index (χ0v) is 11.1. The number of carbonyl (C=O) groups is 1. The van der Waals surface area contributed by atoms with Gasteiger partial charge in [0.25, 0.3) is 5.91 Å². The largest absolute Gasteiger partial charge is 0.351 e. The SMILES string of the molecule is CNCCNC(=O)c1ccc(F)c(Br)c1.Cl. The van der Waals surface area contributed by atoms with Gasteiger partial charge in [0.1, 0.15) is 5.82 Å². The molecule has 0 aliphatic rings. The van der Waals surface area contributed by atoms with E-state index in [-0.39, 0.29) is 24.1 Å². The molecule has 0 aromatic heterocycles. The molecule has 0 aliphatic carbocycles. The van der Waals surface area contributed by atoms with Crippen LogP contribution in [0.15, 0.2) is 22.7 Å². The van der Waals surface area contributed by atoms with Crippen molar-refractivity contribution in [3.8, 4) is 0 Å². The van der Waals surface area contributed by atoms with Gasteiger partial charge in [0, 0.05) is 18.7 Å². The molecular weight excluding hydrogens is 298 g/mol. The lowest BCUT2D eigenvalue weighted by Crippen LogP contribution is -2.30. The fourth-order valence-corrected chi connectivity index (χ4v) is 1.42. The Hall–Kier alpha value is -0.650. The van der Waals surface area contributed by atoms with Crippen LogP contribution in [0, 0.1) is 5.82 Å². The van der Waals surface area contributed by atoms with Gasteiger partial charge in [0.2, 0.25) is 0 Å². The molecule has 0 atom stereocenters. The van der Waals surface area contributed by atoms with Gasteiger partial charge in [-0.2, -0.15) is 0 Å². The highest BCUT2D eigenvalue weighted by Crippen LogP contribution is 2.16. The minimum absolute atomic E-state index is 0. The number of hydrogen-bond acceptors (Lipinski definition) is 2. The Morgan fingerprint density at radius 2 is 2.12 bits per heavy atom. The Morgan fingerprint density at radius 1 is 1.44 bits per heavy atom. The summed E-state index contributed by atoms with van der Waals surface area (Å²) in [6.45, 7) is 1.25. The zero-order chi connectivity index (χ0) is 11.3. The van der Waals surface area contributed by atoms with E-state index in [0.717, 1.165) is 0 Å². The minimum Gasteiger partial charge on any atom is -0.351 e. The summed E-state index contributed by atoms with van der Waals surface area (Å²) >= 11 is 3.03. The number of carbonyl (C=O) groups excluding carboxylic acids is 1. The lowest BCUT2D eigenvalue weighted by atomic mass is 10.2. The molecule has 16 heavy (non-hydrogen) atoms. The molecular formula is C10H13BrClFN2O. The highest BCUT2D eigenvalue weighted by atomic mass is 79.9. The highest BCUT2D eigenvalue weighted by Gasteiger charge is 2.07. The fourth-order valence-electron chi connectivity index (χ4n) is 1.04. The van der Waals surface area contributed by atoms with Crippen molar-refractivity contribution in [2.75, 3.05) is 20.1 Å². The van der Waals surface area contributed by atoms with Crippen LogP contribution < -0.4 is 10.6 Å². The number of halogens is 3. The van der Waals surface area contributed by atoms with Gasteiger partial charge in [-0.05, 0) is 41.2 Å². The summed E-state index contributed by atoms with van der Waals surface area (Å²) < 4.78 is 13.2. The maximum atomic E-state index is 12.9. The van der Waals surface area contributed by atoms with E-state index in [2.05, 4.69) is 26.6 Å². The number of nitrogens with one attached hydrogen (secondary N) is 2. The van der Waals surface area contributed by atoms with Gasteiger partial charge in [-0.3, -0.25) is 4.79 Å².